The van der Waals surface area contributed by atoms with Gasteiger partial charge in [0.2, 0.25) is 0 Å². The molecule has 2 unspecified atom stereocenters. The number of hydrogen-bond donors (Lipinski definition) is 0. The summed E-state index contributed by atoms with van der Waals surface area (Å²) in [6.45, 7) is 15.0. The normalized spacial score (nSPS) is 32.4. The fourth-order valence-corrected chi connectivity index (χ4v) is 2.95. The Bertz CT molecular complexity index is 314. The minimum atomic E-state index is 0.749. The van der Waals surface area contributed by atoms with Crippen LogP contribution in [0.4, 0.5) is 0 Å². The highest BCUT2D eigenvalue weighted by Crippen LogP contribution is 2.48. The molecule has 0 bridgehead atoms. The highest BCUT2D eigenvalue weighted by Gasteiger charge is 2.39. The second-order valence-electron chi connectivity index (χ2n) is 5.06. The summed E-state index contributed by atoms with van der Waals surface area (Å²) >= 11 is 0. The second-order valence-corrected chi connectivity index (χ2v) is 5.06. The van der Waals surface area contributed by atoms with E-state index in [0.29, 0.717) is 0 Å². The van der Waals surface area contributed by atoms with Crippen molar-refractivity contribution in [3.63, 3.8) is 0 Å². The molecule has 3 aliphatic rings. The maximum absolute atomic E-state index is 2.59. The van der Waals surface area contributed by atoms with E-state index in [1.165, 1.54) is 25.9 Å². The SMILES string of the molecule is CC.CC.CCN1CC2=C[C@@H]3CC3C=C2CC1C. The van der Waals surface area contributed by atoms with E-state index < -0.39 is 0 Å². The molecule has 1 nitrogen and oxygen atoms in total. The van der Waals surface area contributed by atoms with Gasteiger partial charge in [0.1, 0.15) is 0 Å². The lowest BCUT2D eigenvalue weighted by Gasteiger charge is -2.36. The standard InChI is InChI=1S/C13H19N.2C2H6/c1-3-14-8-13-7-12-6-11(12)5-10(13)4-9(14)2;2*1-2/h5,7,9,11-12H,3-4,6,8H2,1-2H3;2*1-2H3/t9?,11?,12-;;/m0../s1. The number of allylic oxidation sites excluding steroid dienone is 2. The maximum atomic E-state index is 2.59. The molecular formula is C17H31N. The van der Waals surface area contributed by atoms with Crippen LogP contribution in [0.2, 0.25) is 0 Å². The van der Waals surface area contributed by atoms with Gasteiger partial charge in [-0.05, 0) is 49.3 Å². The molecular weight excluding hydrogens is 218 g/mol. The van der Waals surface area contributed by atoms with Crippen molar-refractivity contribution in [1.29, 1.82) is 0 Å². The number of piperidine rings is 1. The molecule has 2 aliphatic carbocycles. The fourth-order valence-electron chi connectivity index (χ4n) is 2.95. The average Bonchev–Trinajstić information content (AvgIpc) is 3.18. The third-order valence-electron chi connectivity index (χ3n) is 4.05. The minimum Gasteiger partial charge on any atom is -0.296 e. The first-order valence-electron chi connectivity index (χ1n) is 7.93. The average molecular weight is 249 g/mol. The monoisotopic (exact) mass is 249 g/mol. The van der Waals surface area contributed by atoms with E-state index in [9.17, 15) is 0 Å². The van der Waals surface area contributed by atoms with Crippen LogP contribution in [0, 0.1) is 11.8 Å². The Morgan fingerprint density at radius 3 is 2.17 bits per heavy atom. The van der Waals surface area contributed by atoms with Gasteiger partial charge in [0.25, 0.3) is 0 Å². The van der Waals surface area contributed by atoms with Crippen LogP contribution in [0.3, 0.4) is 0 Å². The third kappa shape index (κ3) is 3.26. The molecule has 1 aliphatic heterocycles. The highest BCUT2D eigenvalue weighted by molar-refractivity contribution is 5.42. The van der Waals surface area contributed by atoms with E-state index in [4.69, 9.17) is 0 Å². The molecule has 18 heavy (non-hydrogen) atoms. The van der Waals surface area contributed by atoms with E-state index in [1.54, 1.807) is 11.1 Å². The van der Waals surface area contributed by atoms with Gasteiger partial charge in [0.15, 0.2) is 0 Å². The number of likely N-dealkylation sites (N-methyl/N-ethyl adjacent to an activating group) is 1. The molecule has 1 heteroatoms. The predicted octanol–water partition coefficient (Wildman–Crippen LogP) is 4.66. The molecule has 0 aromatic heterocycles. The Balaban J connectivity index is 0.000000371. The van der Waals surface area contributed by atoms with Gasteiger partial charge >= 0.3 is 0 Å². The summed E-state index contributed by atoms with van der Waals surface area (Å²) in [6.07, 6.45) is 7.81. The molecule has 1 saturated carbocycles. The number of hydrogen-bond acceptors (Lipinski definition) is 1. The molecule has 104 valence electrons. The first kappa shape index (κ1) is 15.5. The molecule has 0 radical (unpaired) electrons. The summed E-state index contributed by atoms with van der Waals surface area (Å²) in [4.78, 5) is 2.59. The highest BCUT2D eigenvalue weighted by atomic mass is 15.2. The van der Waals surface area contributed by atoms with E-state index in [-0.39, 0.29) is 0 Å². The Morgan fingerprint density at radius 1 is 1.06 bits per heavy atom. The molecule has 3 rings (SSSR count). The van der Waals surface area contributed by atoms with Crippen molar-refractivity contribution in [2.45, 2.75) is 60.4 Å². The van der Waals surface area contributed by atoms with Crippen molar-refractivity contribution in [3.05, 3.63) is 23.3 Å². The molecule has 1 saturated heterocycles. The summed E-state index contributed by atoms with van der Waals surface area (Å²) in [7, 11) is 0. The summed E-state index contributed by atoms with van der Waals surface area (Å²) in [6, 6.07) is 0.749. The zero-order valence-corrected chi connectivity index (χ0v) is 13.2. The van der Waals surface area contributed by atoms with Gasteiger partial charge in [-0.2, -0.15) is 0 Å². The topological polar surface area (TPSA) is 3.24 Å². The van der Waals surface area contributed by atoms with Gasteiger partial charge in [-0.25, -0.2) is 0 Å². The predicted molar refractivity (Wildman–Crippen MR) is 81.8 cm³/mol. The molecule has 0 amide bonds. The summed E-state index contributed by atoms with van der Waals surface area (Å²) < 4.78 is 0. The van der Waals surface area contributed by atoms with Crippen molar-refractivity contribution in [2.24, 2.45) is 11.8 Å². The quantitative estimate of drug-likeness (QED) is 0.653. The maximum Gasteiger partial charge on any atom is 0.0236 e. The van der Waals surface area contributed by atoms with Crippen LogP contribution in [0.25, 0.3) is 0 Å². The minimum absolute atomic E-state index is 0.749. The van der Waals surface area contributed by atoms with Crippen molar-refractivity contribution < 1.29 is 0 Å². The Morgan fingerprint density at radius 2 is 1.61 bits per heavy atom. The van der Waals surface area contributed by atoms with Gasteiger partial charge in [0.05, 0.1) is 0 Å². The Kier molecular flexibility index (Phi) is 6.14. The number of fused-ring (bicyclic) bond motifs is 2. The van der Waals surface area contributed by atoms with Crippen molar-refractivity contribution in [3.8, 4) is 0 Å². The lowest BCUT2D eigenvalue weighted by atomic mass is 9.88. The van der Waals surface area contributed by atoms with E-state index >= 15 is 0 Å². The van der Waals surface area contributed by atoms with Crippen molar-refractivity contribution >= 4 is 0 Å². The van der Waals surface area contributed by atoms with Crippen LogP contribution < -0.4 is 0 Å². The van der Waals surface area contributed by atoms with Gasteiger partial charge in [-0.15, -0.1) is 0 Å². The first-order valence-corrected chi connectivity index (χ1v) is 7.93. The second kappa shape index (κ2) is 7.13. The summed E-state index contributed by atoms with van der Waals surface area (Å²) in [5.74, 6) is 1.84. The number of likely N-dealkylation sites (tertiary alicyclic amines) is 1. The van der Waals surface area contributed by atoms with Gasteiger partial charge in [0, 0.05) is 12.6 Å². The Hall–Kier alpha value is -0.560. The number of nitrogens with zero attached hydrogens (tertiary/aromatic N) is 1. The van der Waals surface area contributed by atoms with Gasteiger partial charge in [-0.1, -0.05) is 46.8 Å². The first-order chi connectivity index (χ1) is 8.78. The summed E-state index contributed by atoms with van der Waals surface area (Å²) in [5.41, 5.74) is 3.31. The van der Waals surface area contributed by atoms with Crippen LogP contribution in [0.15, 0.2) is 23.3 Å². The van der Waals surface area contributed by atoms with Gasteiger partial charge in [-0.3, -0.25) is 4.90 Å². The third-order valence-corrected chi connectivity index (χ3v) is 4.05. The molecule has 2 fully saturated rings. The largest absolute Gasteiger partial charge is 0.296 e. The van der Waals surface area contributed by atoms with Crippen molar-refractivity contribution in [2.75, 3.05) is 13.1 Å². The van der Waals surface area contributed by atoms with Crippen LogP contribution in [-0.2, 0) is 0 Å². The van der Waals surface area contributed by atoms with E-state index in [1.807, 2.05) is 27.7 Å². The van der Waals surface area contributed by atoms with E-state index in [0.717, 1.165) is 17.9 Å². The van der Waals surface area contributed by atoms with Crippen LogP contribution in [-0.4, -0.2) is 24.0 Å². The van der Waals surface area contributed by atoms with Crippen LogP contribution in [0.1, 0.15) is 54.4 Å². The zero-order chi connectivity index (χ0) is 13.7. The van der Waals surface area contributed by atoms with Crippen LogP contribution >= 0.6 is 0 Å². The molecule has 1 heterocycles. The fraction of sp³-hybridized carbons (Fsp3) is 0.765. The molecule has 3 atom stereocenters. The number of rotatable bonds is 1. The molecule has 0 aromatic carbocycles. The Labute approximate surface area is 114 Å². The van der Waals surface area contributed by atoms with Gasteiger partial charge < -0.3 is 0 Å². The van der Waals surface area contributed by atoms with E-state index in [2.05, 4.69) is 30.9 Å². The zero-order valence-electron chi connectivity index (χ0n) is 13.2. The smallest absolute Gasteiger partial charge is 0.0236 e. The van der Waals surface area contributed by atoms with Crippen LogP contribution in [0.5, 0.6) is 0 Å². The molecule has 0 N–H and O–H groups in total. The summed E-state index contributed by atoms with van der Waals surface area (Å²) in [5, 5.41) is 0. The lowest BCUT2D eigenvalue weighted by Crippen LogP contribution is -2.39. The molecule has 0 spiro atoms. The molecule has 0 aromatic rings. The lowest BCUT2D eigenvalue weighted by molar-refractivity contribution is 0.220. The van der Waals surface area contributed by atoms with Crippen molar-refractivity contribution in [1.82, 2.24) is 4.90 Å².